The Morgan fingerprint density at radius 3 is 2.93 bits per heavy atom. The summed E-state index contributed by atoms with van der Waals surface area (Å²) < 4.78 is 0. The van der Waals surface area contributed by atoms with Gasteiger partial charge in [-0.05, 0) is 6.42 Å². The fourth-order valence-electron chi connectivity index (χ4n) is 6.20. The van der Waals surface area contributed by atoms with Crippen molar-refractivity contribution in [1.29, 1.82) is 5.26 Å². The van der Waals surface area contributed by atoms with Gasteiger partial charge in [-0.2, -0.15) is 0 Å². The van der Waals surface area contributed by atoms with Crippen molar-refractivity contribution in [2.75, 3.05) is 5.32 Å². The normalized spacial score (nSPS) is 29.5. The molecule has 0 unspecified atom stereocenters. The number of fused-ring (bicyclic) bond motifs is 5. The summed E-state index contributed by atoms with van der Waals surface area (Å²) in [5.74, 6) is 1.93. The molecule has 6 heteroatoms. The standard InChI is InChI=1S/C24H30N2O3Se/c1-24-10-9-16-17(19(24)7-8-22(24)28)6-5-15-12-21(27)20(13-18(15)16)26-23(29)4-2-3-11-30-14-25/h12-13,16-17,19,27H,2-11H2,1H3,(H,26,29)/t16-,17+,19-,24-/m0/s1. The maximum absolute atomic E-state index is 12.5. The van der Waals surface area contributed by atoms with Gasteiger partial charge in [-0.3, -0.25) is 4.79 Å². The van der Waals surface area contributed by atoms with Crippen LogP contribution in [0.1, 0.15) is 75.3 Å². The molecule has 160 valence electrons. The van der Waals surface area contributed by atoms with E-state index in [4.69, 9.17) is 5.26 Å². The molecule has 0 heterocycles. The molecule has 1 aromatic rings. The van der Waals surface area contributed by atoms with E-state index in [1.165, 1.54) is 11.1 Å². The molecule has 30 heavy (non-hydrogen) atoms. The molecule has 0 saturated heterocycles. The number of amides is 1. The van der Waals surface area contributed by atoms with Crippen LogP contribution in [0.2, 0.25) is 5.32 Å². The van der Waals surface area contributed by atoms with E-state index < -0.39 is 0 Å². The summed E-state index contributed by atoms with van der Waals surface area (Å²) in [5.41, 5.74) is 2.83. The summed E-state index contributed by atoms with van der Waals surface area (Å²) in [6.07, 6.45) is 7.77. The second-order valence-corrected chi connectivity index (χ2v) is 11.2. The second-order valence-electron chi connectivity index (χ2n) is 9.35. The zero-order valence-electron chi connectivity index (χ0n) is 17.6. The number of carbonyl (C=O) groups excluding carboxylic acids is 2. The Hall–Kier alpha value is -1.83. The summed E-state index contributed by atoms with van der Waals surface area (Å²) in [6, 6.07) is 3.84. The van der Waals surface area contributed by atoms with Gasteiger partial charge >= 0.3 is 149 Å². The van der Waals surface area contributed by atoms with Gasteiger partial charge < -0.3 is 0 Å². The number of nitrogens with one attached hydrogen (secondary N) is 1. The predicted octanol–water partition coefficient (Wildman–Crippen LogP) is 4.53. The van der Waals surface area contributed by atoms with Crippen molar-refractivity contribution in [1.82, 2.24) is 0 Å². The Morgan fingerprint density at radius 2 is 2.13 bits per heavy atom. The summed E-state index contributed by atoms with van der Waals surface area (Å²) in [7, 11) is 0. The quantitative estimate of drug-likeness (QED) is 0.361. The number of Topliss-reactive ketones (excluding diaryl/α,β-unsaturated/α-hetero) is 1. The van der Waals surface area contributed by atoms with Crippen LogP contribution in [0.15, 0.2) is 12.1 Å². The van der Waals surface area contributed by atoms with Crippen LogP contribution in [0.5, 0.6) is 5.75 Å². The van der Waals surface area contributed by atoms with Gasteiger partial charge in [0.05, 0.1) is 0 Å². The molecular weight excluding hydrogens is 443 g/mol. The summed E-state index contributed by atoms with van der Waals surface area (Å²) in [6.45, 7) is 2.18. The molecule has 0 aliphatic heterocycles. The third-order valence-corrected chi connectivity index (χ3v) is 9.09. The molecule has 1 amide bonds. The number of nitriles is 1. The second kappa shape index (κ2) is 8.73. The third-order valence-electron chi connectivity index (χ3n) is 7.79. The van der Waals surface area contributed by atoms with E-state index in [0.717, 1.165) is 56.7 Å². The molecule has 0 spiro atoms. The molecule has 4 rings (SSSR count). The number of hydrogen-bond acceptors (Lipinski definition) is 4. The number of unbranched alkanes of at least 4 members (excludes halogenated alkanes) is 1. The van der Waals surface area contributed by atoms with E-state index in [1.807, 2.05) is 12.1 Å². The molecule has 0 bridgehead atoms. The van der Waals surface area contributed by atoms with Gasteiger partial charge in [-0.1, -0.05) is 6.92 Å². The van der Waals surface area contributed by atoms with Crippen LogP contribution in [0.25, 0.3) is 0 Å². The number of ketones is 1. The van der Waals surface area contributed by atoms with E-state index >= 15 is 0 Å². The summed E-state index contributed by atoms with van der Waals surface area (Å²) in [5, 5.41) is 22.9. The number of phenols is 1. The number of aromatic hydroxyl groups is 1. The van der Waals surface area contributed by atoms with Crippen molar-refractivity contribution in [2.45, 2.75) is 75.9 Å². The zero-order valence-corrected chi connectivity index (χ0v) is 19.3. The molecular formula is C24H30N2O3Se. The number of phenolic OH excluding ortho intramolecular Hbond substituents is 1. The van der Waals surface area contributed by atoms with Crippen LogP contribution in [0, 0.1) is 27.5 Å². The van der Waals surface area contributed by atoms with Crippen molar-refractivity contribution in [3.63, 3.8) is 0 Å². The molecule has 0 radical (unpaired) electrons. The number of hydrogen-bond donors (Lipinski definition) is 2. The Bertz CT molecular complexity index is 893. The van der Waals surface area contributed by atoms with Gasteiger partial charge in [0.2, 0.25) is 0 Å². The first kappa shape index (κ1) is 21.4. The Morgan fingerprint density at radius 1 is 1.30 bits per heavy atom. The Balaban J connectivity index is 1.48. The van der Waals surface area contributed by atoms with E-state index in [1.54, 1.807) is 0 Å². The molecule has 3 aliphatic rings. The van der Waals surface area contributed by atoms with Crippen molar-refractivity contribution in [3.05, 3.63) is 23.3 Å². The average Bonchev–Trinajstić information content (AvgIpc) is 3.03. The van der Waals surface area contributed by atoms with Crippen molar-refractivity contribution in [2.24, 2.45) is 17.3 Å². The average molecular weight is 473 g/mol. The third kappa shape index (κ3) is 3.90. The van der Waals surface area contributed by atoms with Gasteiger partial charge in [0.25, 0.3) is 0 Å². The molecule has 0 aromatic heterocycles. The minimum Gasteiger partial charge on any atom is -0.299 e. The SMILES string of the molecule is C[C@]12CC[C@@H]3c4cc(NC(=O)CCCC[Se]C#N)c(O)cc4CC[C@H]3[C@@H]1CCC2=O. The van der Waals surface area contributed by atoms with Crippen molar-refractivity contribution in [3.8, 4) is 10.7 Å². The van der Waals surface area contributed by atoms with E-state index in [-0.39, 0.29) is 32.0 Å². The van der Waals surface area contributed by atoms with Gasteiger partial charge in [0.15, 0.2) is 0 Å². The molecule has 5 nitrogen and oxygen atoms in total. The zero-order chi connectivity index (χ0) is 21.3. The number of nitrogens with zero attached hydrogens (tertiary/aromatic N) is 1. The molecule has 4 atom stereocenters. The Labute approximate surface area is 184 Å². The van der Waals surface area contributed by atoms with Gasteiger partial charge in [0.1, 0.15) is 5.78 Å². The fraction of sp³-hybridized carbons (Fsp3) is 0.625. The Kier molecular flexibility index (Phi) is 6.23. The van der Waals surface area contributed by atoms with Crippen LogP contribution in [0.4, 0.5) is 5.69 Å². The van der Waals surface area contributed by atoms with Crippen LogP contribution < -0.4 is 5.32 Å². The minimum absolute atomic E-state index is 0.0176. The molecule has 2 saturated carbocycles. The maximum atomic E-state index is 12.5. The van der Waals surface area contributed by atoms with Crippen LogP contribution in [-0.2, 0) is 16.0 Å². The first-order valence-electron chi connectivity index (χ1n) is 11.1. The topological polar surface area (TPSA) is 90.2 Å². The van der Waals surface area contributed by atoms with Crippen LogP contribution in [-0.4, -0.2) is 31.8 Å². The number of benzene rings is 1. The van der Waals surface area contributed by atoms with Gasteiger partial charge in [-0.25, -0.2) is 0 Å². The fourth-order valence-corrected chi connectivity index (χ4v) is 7.12. The van der Waals surface area contributed by atoms with Crippen LogP contribution >= 0.6 is 0 Å². The van der Waals surface area contributed by atoms with Gasteiger partial charge in [-0.15, -0.1) is 0 Å². The monoisotopic (exact) mass is 474 g/mol. The number of carbonyl (C=O) groups is 2. The number of aryl methyl sites for hydroxylation is 1. The van der Waals surface area contributed by atoms with Crippen LogP contribution in [0.3, 0.4) is 0 Å². The molecule has 2 fully saturated rings. The van der Waals surface area contributed by atoms with Crippen molar-refractivity contribution < 1.29 is 14.7 Å². The summed E-state index contributed by atoms with van der Waals surface area (Å²) >= 11 is 0.0176. The number of rotatable bonds is 6. The number of anilines is 1. The molecule has 2 N–H and O–H groups in total. The predicted molar refractivity (Wildman–Crippen MR) is 116 cm³/mol. The van der Waals surface area contributed by atoms with Crippen molar-refractivity contribution >= 4 is 32.3 Å². The van der Waals surface area contributed by atoms with E-state index in [9.17, 15) is 14.7 Å². The van der Waals surface area contributed by atoms with E-state index in [2.05, 4.69) is 17.2 Å². The molecule has 1 aromatic carbocycles. The first-order chi connectivity index (χ1) is 14.4. The van der Waals surface area contributed by atoms with E-state index in [0.29, 0.717) is 35.6 Å². The summed E-state index contributed by atoms with van der Waals surface area (Å²) in [4.78, 5) is 27.1. The smallest absolute Gasteiger partial charge is 0.299 e. The van der Waals surface area contributed by atoms with Gasteiger partial charge in [0, 0.05) is 11.8 Å². The molecule has 3 aliphatic carbocycles. The minimum atomic E-state index is -0.139. The first-order valence-corrected chi connectivity index (χ1v) is 13.2.